The molecule has 2 aliphatic carbocycles. The van der Waals surface area contributed by atoms with E-state index in [0.29, 0.717) is 17.6 Å². The van der Waals surface area contributed by atoms with Crippen LogP contribution in [0.3, 0.4) is 0 Å². The molecular weight excluding hydrogens is 136 g/mol. The van der Waals surface area contributed by atoms with Gasteiger partial charge in [0, 0.05) is 5.92 Å². The second-order valence-electron chi connectivity index (χ2n) is 3.63. The minimum absolute atomic E-state index is 0.477. The molecule has 3 unspecified atom stereocenters. The predicted molar refractivity (Wildman–Crippen MR) is 45.2 cm³/mol. The Hall–Kier alpha value is -0.720. The third-order valence-electron chi connectivity index (χ3n) is 3.02. The van der Waals surface area contributed by atoms with Gasteiger partial charge in [0.2, 0.25) is 0 Å². The van der Waals surface area contributed by atoms with E-state index in [1.165, 1.54) is 12.0 Å². The van der Waals surface area contributed by atoms with Crippen molar-refractivity contribution in [3.63, 3.8) is 0 Å². The summed E-state index contributed by atoms with van der Waals surface area (Å²) in [5, 5.41) is 9.46. The first kappa shape index (κ1) is 6.96. The van der Waals surface area contributed by atoms with Crippen LogP contribution in [0.25, 0.3) is 0 Å². The number of rotatable bonds is 1. The number of aliphatic hydroxyl groups excluding tert-OH is 1. The van der Waals surface area contributed by atoms with Crippen molar-refractivity contribution < 1.29 is 5.11 Å². The highest BCUT2D eigenvalue weighted by Gasteiger charge is 2.52. The fourth-order valence-electron chi connectivity index (χ4n) is 2.34. The standard InChI is InChI=1S/C10H14O/c1-3-7-9-6(2)4-5-8(11)10(7)9/h4-5,7,9-11H,3H2,1-2H3. The molecule has 60 valence electrons. The third kappa shape index (κ3) is 0.834. The van der Waals surface area contributed by atoms with E-state index in [-0.39, 0.29) is 0 Å². The van der Waals surface area contributed by atoms with Gasteiger partial charge < -0.3 is 5.11 Å². The number of allylic oxidation sites excluding steroid dienone is 4. The summed E-state index contributed by atoms with van der Waals surface area (Å²) in [6, 6.07) is 0. The van der Waals surface area contributed by atoms with E-state index >= 15 is 0 Å². The average molecular weight is 150 g/mol. The van der Waals surface area contributed by atoms with Crippen molar-refractivity contribution in [2.24, 2.45) is 17.8 Å². The van der Waals surface area contributed by atoms with Gasteiger partial charge in [0.1, 0.15) is 0 Å². The Labute approximate surface area is 67.4 Å². The summed E-state index contributed by atoms with van der Waals surface area (Å²) < 4.78 is 0. The van der Waals surface area contributed by atoms with Crippen LogP contribution in [-0.2, 0) is 0 Å². The lowest BCUT2D eigenvalue weighted by Gasteiger charge is -2.03. The molecule has 1 N–H and O–H groups in total. The molecule has 2 aliphatic rings. The fraction of sp³-hybridized carbons (Fsp3) is 0.600. The molecule has 0 aromatic carbocycles. The Morgan fingerprint density at radius 1 is 1.36 bits per heavy atom. The summed E-state index contributed by atoms with van der Waals surface area (Å²) in [4.78, 5) is 0. The molecule has 0 aliphatic heterocycles. The zero-order valence-electron chi connectivity index (χ0n) is 7.04. The van der Waals surface area contributed by atoms with Crippen molar-refractivity contribution in [1.29, 1.82) is 0 Å². The first-order valence-corrected chi connectivity index (χ1v) is 4.33. The quantitative estimate of drug-likeness (QED) is 0.609. The maximum atomic E-state index is 9.46. The lowest BCUT2D eigenvalue weighted by atomic mass is 10.1. The minimum atomic E-state index is 0.477. The molecule has 0 radical (unpaired) electrons. The van der Waals surface area contributed by atoms with Crippen molar-refractivity contribution in [2.45, 2.75) is 20.3 Å². The molecule has 0 aromatic heterocycles. The number of fused-ring (bicyclic) bond motifs is 1. The largest absolute Gasteiger partial charge is 0.512 e. The summed E-state index contributed by atoms with van der Waals surface area (Å²) in [6.45, 7) is 4.36. The SMILES string of the molecule is CCC1C2C(C)=CC=C(O)C12. The smallest absolute Gasteiger partial charge is 0.0962 e. The van der Waals surface area contributed by atoms with Gasteiger partial charge in [0.15, 0.2) is 0 Å². The van der Waals surface area contributed by atoms with Crippen LogP contribution in [0, 0.1) is 17.8 Å². The summed E-state index contributed by atoms with van der Waals surface area (Å²) in [7, 11) is 0. The lowest BCUT2D eigenvalue weighted by molar-refractivity contribution is 0.366. The van der Waals surface area contributed by atoms with Crippen LogP contribution in [0.5, 0.6) is 0 Å². The maximum Gasteiger partial charge on any atom is 0.0962 e. The fourth-order valence-corrected chi connectivity index (χ4v) is 2.34. The van der Waals surface area contributed by atoms with E-state index < -0.39 is 0 Å². The van der Waals surface area contributed by atoms with E-state index in [1.54, 1.807) is 0 Å². The van der Waals surface area contributed by atoms with Gasteiger partial charge in [-0.3, -0.25) is 0 Å². The van der Waals surface area contributed by atoms with Crippen LogP contribution >= 0.6 is 0 Å². The highest BCUT2D eigenvalue weighted by atomic mass is 16.3. The molecule has 3 atom stereocenters. The topological polar surface area (TPSA) is 20.2 Å². The van der Waals surface area contributed by atoms with Crippen molar-refractivity contribution >= 4 is 0 Å². The molecule has 0 spiro atoms. The summed E-state index contributed by atoms with van der Waals surface area (Å²) in [5.74, 6) is 2.48. The molecule has 0 heterocycles. The first-order chi connectivity index (χ1) is 5.25. The number of aliphatic hydroxyl groups is 1. The highest BCUT2D eigenvalue weighted by Crippen LogP contribution is 2.57. The molecule has 0 amide bonds. The lowest BCUT2D eigenvalue weighted by Crippen LogP contribution is -1.93. The molecule has 1 saturated carbocycles. The molecule has 1 heteroatoms. The Morgan fingerprint density at radius 3 is 2.64 bits per heavy atom. The zero-order chi connectivity index (χ0) is 8.01. The Kier molecular flexibility index (Phi) is 1.35. The third-order valence-corrected chi connectivity index (χ3v) is 3.02. The molecule has 11 heavy (non-hydrogen) atoms. The highest BCUT2D eigenvalue weighted by molar-refractivity contribution is 5.34. The average Bonchev–Trinajstić information content (AvgIpc) is 2.72. The maximum absolute atomic E-state index is 9.46. The van der Waals surface area contributed by atoms with E-state index in [9.17, 15) is 5.11 Å². The van der Waals surface area contributed by atoms with Crippen LogP contribution in [0.1, 0.15) is 20.3 Å². The second kappa shape index (κ2) is 2.13. The van der Waals surface area contributed by atoms with Crippen molar-refractivity contribution in [3.8, 4) is 0 Å². The minimum Gasteiger partial charge on any atom is -0.512 e. The van der Waals surface area contributed by atoms with Crippen LogP contribution in [0.4, 0.5) is 0 Å². The van der Waals surface area contributed by atoms with E-state index in [1.807, 2.05) is 12.2 Å². The summed E-state index contributed by atoms with van der Waals surface area (Å²) in [5.41, 5.74) is 1.44. The van der Waals surface area contributed by atoms with Gasteiger partial charge in [-0.05, 0) is 24.8 Å². The van der Waals surface area contributed by atoms with Gasteiger partial charge >= 0.3 is 0 Å². The van der Waals surface area contributed by atoms with Gasteiger partial charge in [-0.15, -0.1) is 0 Å². The van der Waals surface area contributed by atoms with Crippen LogP contribution in [0.15, 0.2) is 23.5 Å². The second-order valence-corrected chi connectivity index (χ2v) is 3.63. The molecular formula is C10H14O. The summed E-state index contributed by atoms with van der Waals surface area (Å²) in [6.07, 6.45) is 5.09. The molecule has 0 bridgehead atoms. The zero-order valence-corrected chi connectivity index (χ0v) is 7.04. The number of hydrogen-bond acceptors (Lipinski definition) is 1. The Bertz CT molecular complexity index is 213. The van der Waals surface area contributed by atoms with E-state index in [2.05, 4.69) is 13.8 Å². The van der Waals surface area contributed by atoms with Crippen molar-refractivity contribution in [2.75, 3.05) is 0 Å². The molecule has 1 fully saturated rings. The van der Waals surface area contributed by atoms with Gasteiger partial charge in [-0.25, -0.2) is 0 Å². The predicted octanol–water partition coefficient (Wildman–Crippen LogP) is 2.66. The van der Waals surface area contributed by atoms with E-state index in [0.717, 1.165) is 5.92 Å². The van der Waals surface area contributed by atoms with Gasteiger partial charge in [-0.2, -0.15) is 0 Å². The van der Waals surface area contributed by atoms with E-state index in [4.69, 9.17) is 0 Å². The molecule has 2 rings (SSSR count). The van der Waals surface area contributed by atoms with Crippen LogP contribution in [0.2, 0.25) is 0 Å². The molecule has 0 aromatic rings. The number of hydrogen-bond donors (Lipinski definition) is 1. The Morgan fingerprint density at radius 2 is 2.09 bits per heavy atom. The van der Waals surface area contributed by atoms with Crippen molar-refractivity contribution in [1.82, 2.24) is 0 Å². The monoisotopic (exact) mass is 150 g/mol. The van der Waals surface area contributed by atoms with Gasteiger partial charge in [0.25, 0.3) is 0 Å². The first-order valence-electron chi connectivity index (χ1n) is 4.33. The molecule has 1 nitrogen and oxygen atoms in total. The van der Waals surface area contributed by atoms with Gasteiger partial charge in [0.05, 0.1) is 5.76 Å². The van der Waals surface area contributed by atoms with Crippen molar-refractivity contribution in [3.05, 3.63) is 23.5 Å². The van der Waals surface area contributed by atoms with Crippen LogP contribution in [-0.4, -0.2) is 5.11 Å². The summed E-state index contributed by atoms with van der Waals surface area (Å²) >= 11 is 0. The van der Waals surface area contributed by atoms with Gasteiger partial charge in [-0.1, -0.05) is 25.0 Å². The Balaban J connectivity index is 2.24. The molecule has 0 saturated heterocycles. The van der Waals surface area contributed by atoms with Crippen LogP contribution < -0.4 is 0 Å². The normalized spacial score (nSPS) is 40.7.